The molecule has 1 rings (SSSR count). The fourth-order valence-electron chi connectivity index (χ4n) is 1.65. The lowest BCUT2D eigenvalue weighted by molar-refractivity contribution is -0.118. The average Bonchev–Trinajstić information content (AvgIpc) is 2.02. The quantitative estimate of drug-likeness (QED) is 0.711. The van der Waals surface area contributed by atoms with Crippen LogP contribution in [0.25, 0.3) is 0 Å². The van der Waals surface area contributed by atoms with E-state index in [9.17, 15) is 4.79 Å². The smallest absolute Gasteiger partial charge is 0.218 e. The molecule has 0 aromatic carbocycles. The molecule has 1 fully saturated rings. The van der Waals surface area contributed by atoms with Crippen molar-refractivity contribution >= 4 is 5.91 Å². The number of carbonyl (C=O) groups excluding carboxylic acids is 1. The predicted molar refractivity (Wildman–Crippen MR) is 53.3 cm³/mol. The average molecular weight is 184 g/mol. The van der Waals surface area contributed by atoms with E-state index in [1.54, 1.807) is 0 Å². The number of hydrogen-bond donors (Lipinski definition) is 1. The van der Waals surface area contributed by atoms with Gasteiger partial charge in [-0.15, -0.1) is 0 Å². The Morgan fingerprint density at radius 3 is 2.38 bits per heavy atom. The molecule has 0 aliphatic carbocycles. The second-order valence-corrected chi connectivity index (χ2v) is 4.72. The lowest BCUT2D eigenvalue weighted by Crippen LogP contribution is -2.38. The van der Waals surface area contributed by atoms with Gasteiger partial charge in [-0.1, -0.05) is 13.8 Å². The molecular formula is C10H20N2O. The molecule has 1 saturated heterocycles. The summed E-state index contributed by atoms with van der Waals surface area (Å²) in [7, 11) is 0. The number of nitrogens with zero attached hydrogens (tertiary/aromatic N) is 1. The SMILES string of the molecule is CC1(C)CCN(CCC(N)=O)CC1. The van der Waals surface area contributed by atoms with E-state index < -0.39 is 0 Å². The fourth-order valence-corrected chi connectivity index (χ4v) is 1.65. The van der Waals surface area contributed by atoms with E-state index in [4.69, 9.17) is 5.73 Å². The number of likely N-dealkylation sites (tertiary alicyclic amines) is 1. The van der Waals surface area contributed by atoms with Crippen molar-refractivity contribution in [3.05, 3.63) is 0 Å². The van der Waals surface area contributed by atoms with Gasteiger partial charge in [-0.2, -0.15) is 0 Å². The standard InChI is InChI=1S/C10H20N2O/c1-10(2)4-7-12(8-5-10)6-3-9(11)13/h3-8H2,1-2H3,(H2,11,13). The number of amides is 1. The highest BCUT2D eigenvalue weighted by atomic mass is 16.1. The van der Waals surface area contributed by atoms with Crippen molar-refractivity contribution in [2.24, 2.45) is 11.1 Å². The Bertz CT molecular complexity index is 179. The molecule has 0 aromatic rings. The van der Waals surface area contributed by atoms with E-state index in [1.165, 1.54) is 12.8 Å². The van der Waals surface area contributed by atoms with E-state index in [2.05, 4.69) is 18.7 Å². The largest absolute Gasteiger partial charge is 0.370 e. The van der Waals surface area contributed by atoms with Crippen LogP contribution in [0.15, 0.2) is 0 Å². The molecule has 0 atom stereocenters. The summed E-state index contributed by atoms with van der Waals surface area (Å²) in [5.74, 6) is -0.190. The highest BCUT2D eigenvalue weighted by Gasteiger charge is 2.24. The molecule has 0 unspecified atom stereocenters. The monoisotopic (exact) mass is 184 g/mol. The number of hydrogen-bond acceptors (Lipinski definition) is 2. The third-order valence-corrected chi connectivity index (χ3v) is 2.88. The fraction of sp³-hybridized carbons (Fsp3) is 0.900. The van der Waals surface area contributed by atoms with Gasteiger partial charge < -0.3 is 10.6 Å². The number of primary amides is 1. The van der Waals surface area contributed by atoms with Gasteiger partial charge in [0.25, 0.3) is 0 Å². The maximum Gasteiger partial charge on any atom is 0.218 e. The van der Waals surface area contributed by atoms with Crippen LogP contribution >= 0.6 is 0 Å². The Balaban J connectivity index is 2.21. The number of rotatable bonds is 3. The summed E-state index contributed by atoms with van der Waals surface area (Å²) >= 11 is 0. The van der Waals surface area contributed by atoms with Gasteiger partial charge >= 0.3 is 0 Å². The van der Waals surface area contributed by atoms with Crippen molar-refractivity contribution in [3.8, 4) is 0 Å². The summed E-state index contributed by atoms with van der Waals surface area (Å²) in [5.41, 5.74) is 5.59. The number of carbonyl (C=O) groups is 1. The minimum Gasteiger partial charge on any atom is -0.370 e. The molecule has 1 heterocycles. The molecule has 13 heavy (non-hydrogen) atoms. The van der Waals surface area contributed by atoms with E-state index in [0.717, 1.165) is 19.6 Å². The van der Waals surface area contributed by atoms with Crippen LogP contribution in [0, 0.1) is 5.41 Å². The van der Waals surface area contributed by atoms with Gasteiger partial charge in [-0.3, -0.25) is 4.79 Å². The van der Waals surface area contributed by atoms with Crippen LogP contribution in [-0.2, 0) is 4.79 Å². The molecular weight excluding hydrogens is 164 g/mol. The van der Waals surface area contributed by atoms with Crippen LogP contribution in [0.4, 0.5) is 0 Å². The van der Waals surface area contributed by atoms with Crippen LogP contribution in [0.3, 0.4) is 0 Å². The highest BCUT2D eigenvalue weighted by Crippen LogP contribution is 2.29. The first-order valence-electron chi connectivity index (χ1n) is 5.00. The van der Waals surface area contributed by atoms with E-state index in [-0.39, 0.29) is 5.91 Å². The zero-order valence-corrected chi connectivity index (χ0v) is 8.68. The van der Waals surface area contributed by atoms with Crippen molar-refractivity contribution in [2.75, 3.05) is 19.6 Å². The van der Waals surface area contributed by atoms with Gasteiger partial charge in [0.15, 0.2) is 0 Å². The lowest BCUT2D eigenvalue weighted by atomic mass is 9.83. The molecule has 3 nitrogen and oxygen atoms in total. The second kappa shape index (κ2) is 4.09. The van der Waals surface area contributed by atoms with Gasteiger partial charge in [0, 0.05) is 13.0 Å². The lowest BCUT2D eigenvalue weighted by Gasteiger charge is -2.36. The summed E-state index contributed by atoms with van der Waals surface area (Å²) in [5, 5.41) is 0. The van der Waals surface area contributed by atoms with Gasteiger partial charge in [0.05, 0.1) is 0 Å². The third-order valence-electron chi connectivity index (χ3n) is 2.88. The van der Waals surface area contributed by atoms with Gasteiger partial charge in [0.2, 0.25) is 5.91 Å². The van der Waals surface area contributed by atoms with Crippen molar-refractivity contribution in [3.63, 3.8) is 0 Å². The van der Waals surface area contributed by atoms with Gasteiger partial charge in [-0.25, -0.2) is 0 Å². The Morgan fingerprint density at radius 1 is 1.38 bits per heavy atom. The van der Waals surface area contributed by atoms with Crippen LogP contribution < -0.4 is 5.73 Å². The van der Waals surface area contributed by atoms with Gasteiger partial charge in [-0.05, 0) is 31.3 Å². The van der Waals surface area contributed by atoms with Crippen LogP contribution in [0.1, 0.15) is 33.1 Å². The normalized spacial score (nSPS) is 22.9. The topological polar surface area (TPSA) is 46.3 Å². The van der Waals surface area contributed by atoms with E-state index in [0.29, 0.717) is 11.8 Å². The molecule has 1 amide bonds. The molecule has 0 saturated carbocycles. The summed E-state index contributed by atoms with van der Waals surface area (Å²) in [6, 6.07) is 0. The molecule has 1 aliphatic heterocycles. The number of nitrogens with two attached hydrogens (primary N) is 1. The minimum absolute atomic E-state index is 0.190. The minimum atomic E-state index is -0.190. The van der Waals surface area contributed by atoms with Crippen LogP contribution in [0.2, 0.25) is 0 Å². The molecule has 1 aliphatic rings. The van der Waals surface area contributed by atoms with Gasteiger partial charge in [0.1, 0.15) is 0 Å². The zero-order valence-electron chi connectivity index (χ0n) is 8.68. The first-order valence-corrected chi connectivity index (χ1v) is 5.00. The molecule has 3 heteroatoms. The zero-order chi connectivity index (χ0) is 9.90. The summed E-state index contributed by atoms with van der Waals surface area (Å²) in [6.07, 6.45) is 2.96. The Kier molecular flexibility index (Phi) is 3.31. The van der Waals surface area contributed by atoms with Crippen molar-refractivity contribution in [1.82, 2.24) is 4.90 Å². The maximum absolute atomic E-state index is 10.6. The van der Waals surface area contributed by atoms with Crippen molar-refractivity contribution < 1.29 is 4.79 Å². The van der Waals surface area contributed by atoms with Crippen molar-refractivity contribution in [2.45, 2.75) is 33.1 Å². The van der Waals surface area contributed by atoms with E-state index in [1.807, 2.05) is 0 Å². The molecule has 76 valence electrons. The molecule has 0 aromatic heterocycles. The predicted octanol–water partition coefficient (Wildman–Crippen LogP) is 0.984. The Labute approximate surface area is 80.3 Å². The maximum atomic E-state index is 10.6. The summed E-state index contributed by atoms with van der Waals surface area (Å²) in [4.78, 5) is 12.9. The van der Waals surface area contributed by atoms with Crippen molar-refractivity contribution in [1.29, 1.82) is 0 Å². The summed E-state index contributed by atoms with van der Waals surface area (Å²) in [6.45, 7) is 7.67. The molecule has 0 radical (unpaired) electrons. The second-order valence-electron chi connectivity index (χ2n) is 4.72. The molecule has 0 bridgehead atoms. The Morgan fingerprint density at radius 2 is 1.92 bits per heavy atom. The molecule has 2 N–H and O–H groups in total. The van der Waals surface area contributed by atoms with E-state index >= 15 is 0 Å². The first-order chi connectivity index (χ1) is 5.99. The van der Waals surface area contributed by atoms with Crippen LogP contribution in [0.5, 0.6) is 0 Å². The molecule has 0 spiro atoms. The van der Waals surface area contributed by atoms with Crippen LogP contribution in [-0.4, -0.2) is 30.4 Å². The Hall–Kier alpha value is -0.570. The summed E-state index contributed by atoms with van der Waals surface area (Å²) < 4.78 is 0. The first kappa shape index (κ1) is 10.5. The third kappa shape index (κ3) is 3.77. The highest BCUT2D eigenvalue weighted by molar-refractivity contribution is 5.73. The number of piperidine rings is 1.